The molecule has 1 aromatic heterocycles. The largest absolute Gasteiger partial charge is 0.230 e. The third-order valence-electron chi connectivity index (χ3n) is 3.19. The zero-order valence-electron chi connectivity index (χ0n) is 10.4. The molecule has 0 spiro atoms. The van der Waals surface area contributed by atoms with Crippen LogP contribution in [0.2, 0.25) is 0 Å². The topological polar surface area (TPSA) is 12.9 Å². The second-order valence-corrected chi connectivity index (χ2v) is 8.51. The predicted octanol–water partition coefficient (Wildman–Crippen LogP) is 5.40. The molecule has 1 nitrogen and oxygen atoms in total. The van der Waals surface area contributed by atoms with Crippen LogP contribution in [-0.2, 0) is 0 Å². The van der Waals surface area contributed by atoms with Crippen LogP contribution in [0.5, 0.6) is 0 Å². The van der Waals surface area contributed by atoms with Crippen molar-refractivity contribution in [1.29, 1.82) is 0 Å². The van der Waals surface area contributed by atoms with Gasteiger partial charge < -0.3 is 0 Å². The van der Waals surface area contributed by atoms with Crippen molar-refractivity contribution in [3.63, 3.8) is 0 Å². The SMILES string of the molecule is Cc1ccc(-c2csc(SCC3CC3(Cl)Cl)n2)cc1. The van der Waals surface area contributed by atoms with Crippen LogP contribution in [0, 0.1) is 12.8 Å². The van der Waals surface area contributed by atoms with E-state index in [0.717, 1.165) is 22.2 Å². The van der Waals surface area contributed by atoms with Crippen molar-refractivity contribution in [3.8, 4) is 11.3 Å². The molecule has 1 saturated carbocycles. The molecule has 0 bridgehead atoms. The Hall–Kier alpha value is -0.220. The van der Waals surface area contributed by atoms with Crippen molar-refractivity contribution in [2.24, 2.45) is 5.92 Å². The van der Waals surface area contributed by atoms with Crippen LogP contribution in [0.1, 0.15) is 12.0 Å². The molecule has 1 atom stereocenters. The van der Waals surface area contributed by atoms with E-state index in [2.05, 4.69) is 41.6 Å². The maximum atomic E-state index is 6.02. The third-order valence-corrected chi connectivity index (χ3v) is 6.30. The average molecular weight is 330 g/mol. The van der Waals surface area contributed by atoms with Gasteiger partial charge in [-0.15, -0.1) is 34.5 Å². The summed E-state index contributed by atoms with van der Waals surface area (Å²) < 4.78 is 0.607. The van der Waals surface area contributed by atoms with Crippen LogP contribution < -0.4 is 0 Å². The lowest BCUT2D eigenvalue weighted by molar-refractivity contribution is 0.978. The number of thiazole rings is 1. The lowest BCUT2D eigenvalue weighted by Crippen LogP contribution is -1.92. The Morgan fingerprint density at radius 3 is 2.68 bits per heavy atom. The van der Waals surface area contributed by atoms with Gasteiger partial charge >= 0.3 is 0 Å². The maximum Gasteiger partial charge on any atom is 0.150 e. The molecular weight excluding hydrogens is 317 g/mol. The highest BCUT2D eigenvalue weighted by atomic mass is 35.5. The Labute approximate surface area is 131 Å². The number of rotatable bonds is 4. The molecule has 1 unspecified atom stereocenters. The Morgan fingerprint density at radius 2 is 2.05 bits per heavy atom. The van der Waals surface area contributed by atoms with Crippen LogP contribution in [0.3, 0.4) is 0 Å². The molecule has 2 aromatic rings. The summed E-state index contributed by atoms with van der Waals surface area (Å²) in [6.07, 6.45) is 0.902. The zero-order valence-corrected chi connectivity index (χ0v) is 13.5. The summed E-state index contributed by atoms with van der Waals surface area (Å²) in [5.74, 6) is 1.36. The number of thioether (sulfide) groups is 1. The van der Waals surface area contributed by atoms with Crippen LogP contribution >= 0.6 is 46.3 Å². The number of hydrogen-bond donors (Lipinski definition) is 0. The average Bonchev–Trinajstić information content (AvgIpc) is 2.79. The van der Waals surface area contributed by atoms with Crippen LogP contribution in [-0.4, -0.2) is 15.1 Å². The number of aromatic nitrogens is 1. The standard InChI is InChI=1S/C14H13Cl2NS2/c1-9-2-4-10(5-3-9)12-8-19-13(17-12)18-7-11-6-14(11,15)16/h2-5,8,11H,6-7H2,1H3. The first-order chi connectivity index (χ1) is 9.04. The summed E-state index contributed by atoms with van der Waals surface area (Å²) in [5.41, 5.74) is 3.48. The molecule has 3 rings (SSSR count). The fourth-order valence-electron chi connectivity index (χ4n) is 1.80. The van der Waals surface area contributed by atoms with Gasteiger partial charge in [-0.25, -0.2) is 4.98 Å². The van der Waals surface area contributed by atoms with E-state index in [9.17, 15) is 0 Å². The first kappa shape index (κ1) is 13.7. The van der Waals surface area contributed by atoms with E-state index >= 15 is 0 Å². The minimum absolute atomic E-state index is 0.410. The monoisotopic (exact) mass is 329 g/mol. The molecule has 0 saturated heterocycles. The van der Waals surface area contributed by atoms with Gasteiger partial charge in [0.25, 0.3) is 0 Å². The summed E-state index contributed by atoms with van der Waals surface area (Å²) >= 11 is 15.5. The van der Waals surface area contributed by atoms with Gasteiger partial charge in [-0.3, -0.25) is 0 Å². The summed E-state index contributed by atoms with van der Waals surface area (Å²) in [6.45, 7) is 2.09. The highest BCUT2D eigenvalue weighted by Gasteiger charge is 2.51. The van der Waals surface area contributed by atoms with Gasteiger partial charge in [0.05, 0.1) is 5.69 Å². The number of halogens is 2. The lowest BCUT2D eigenvalue weighted by atomic mass is 10.1. The number of aryl methyl sites for hydroxylation is 1. The molecule has 1 aromatic carbocycles. The normalized spacial score (nSPS) is 20.5. The molecule has 19 heavy (non-hydrogen) atoms. The predicted molar refractivity (Wildman–Crippen MR) is 85.6 cm³/mol. The first-order valence-corrected chi connectivity index (χ1v) is 8.70. The fraction of sp³-hybridized carbons (Fsp3) is 0.357. The summed E-state index contributed by atoms with van der Waals surface area (Å²) in [7, 11) is 0. The Balaban J connectivity index is 1.64. The van der Waals surface area contributed by atoms with Gasteiger partial charge in [0.2, 0.25) is 0 Å². The molecule has 1 aliphatic rings. The van der Waals surface area contributed by atoms with Crippen molar-refractivity contribution in [2.75, 3.05) is 5.75 Å². The first-order valence-electron chi connectivity index (χ1n) is 6.08. The smallest absolute Gasteiger partial charge is 0.150 e. The van der Waals surface area contributed by atoms with Gasteiger partial charge in [0.15, 0.2) is 4.34 Å². The number of benzene rings is 1. The molecule has 5 heteroatoms. The van der Waals surface area contributed by atoms with E-state index in [1.54, 1.807) is 23.1 Å². The van der Waals surface area contributed by atoms with E-state index in [4.69, 9.17) is 23.2 Å². The summed E-state index contributed by atoms with van der Waals surface area (Å²) in [6, 6.07) is 8.45. The van der Waals surface area contributed by atoms with Crippen molar-refractivity contribution in [1.82, 2.24) is 4.98 Å². The van der Waals surface area contributed by atoms with Gasteiger partial charge in [-0.1, -0.05) is 41.6 Å². The number of hydrogen-bond acceptors (Lipinski definition) is 3. The fourth-order valence-corrected chi connectivity index (χ4v) is 4.59. The second-order valence-electron chi connectivity index (χ2n) is 4.84. The molecule has 0 radical (unpaired) electrons. The van der Waals surface area contributed by atoms with Crippen molar-refractivity contribution in [2.45, 2.75) is 22.0 Å². The Morgan fingerprint density at radius 1 is 1.37 bits per heavy atom. The van der Waals surface area contributed by atoms with Gasteiger partial charge in [0.1, 0.15) is 4.33 Å². The molecule has 100 valence electrons. The van der Waals surface area contributed by atoms with E-state index in [1.165, 1.54) is 11.1 Å². The van der Waals surface area contributed by atoms with Crippen molar-refractivity contribution in [3.05, 3.63) is 35.2 Å². The van der Waals surface area contributed by atoms with Crippen LogP contribution in [0.15, 0.2) is 34.0 Å². The van der Waals surface area contributed by atoms with Gasteiger partial charge in [-0.2, -0.15) is 0 Å². The Kier molecular flexibility index (Phi) is 3.82. The van der Waals surface area contributed by atoms with Gasteiger partial charge in [-0.05, 0) is 13.3 Å². The summed E-state index contributed by atoms with van der Waals surface area (Å²) in [5, 5.41) is 2.11. The van der Waals surface area contributed by atoms with E-state index in [1.807, 2.05) is 0 Å². The van der Waals surface area contributed by atoms with E-state index in [-0.39, 0.29) is 0 Å². The summed E-state index contributed by atoms with van der Waals surface area (Å²) in [4.78, 5) is 4.65. The molecule has 1 fully saturated rings. The van der Waals surface area contributed by atoms with Crippen LogP contribution in [0.25, 0.3) is 11.3 Å². The second kappa shape index (κ2) is 5.28. The maximum absolute atomic E-state index is 6.02. The van der Waals surface area contributed by atoms with Crippen LogP contribution in [0.4, 0.5) is 0 Å². The zero-order chi connectivity index (χ0) is 13.5. The molecule has 1 heterocycles. The highest BCUT2D eigenvalue weighted by molar-refractivity contribution is 8.01. The van der Waals surface area contributed by atoms with E-state index < -0.39 is 4.33 Å². The Bertz CT molecular complexity index is 577. The minimum atomic E-state index is -0.482. The molecule has 0 amide bonds. The van der Waals surface area contributed by atoms with E-state index in [0.29, 0.717) is 5.92 Å². The molecular formula is C14H13Cl2NS2. The molecule has 0 aliphatic heterocycles. The molecule has 0 N–H and O–H groups in total. The quantitative estimate of drug-likeness (QED) is 0.549. The third kappa shape index (κ3) is 3.27. The lowest BCUT2D eigenvalue weighted by Gasteiger charge is -1.98. The molecule has 1 aliphatic carbocycles. The highest BCUT2D eigenvalue weighted by Crippen LogP contribution is 2.55. The van der Waals surface area contributed by atoms with Crippen molar-refractivity contribution >= 4 is 46.3 Å². The number of nitrogens with zero attached hydrogens (tertiary/aromatic N) is 1. The van der Waals surface area contributed by atoms with Gasteiger partial charge in [0, 0.05) is 22.6 Å². The van der Waals surface area contributed by atoms with Crippen molar-refractivity contribution < 1.29 is 0 Å². The minimum Gasteiger partial charge on any atom is -0.230 e. The number of alkyl halides is 2.